The summed E-state index contributed by atoms with van der Waals surface area (Å²) in [7, 11) is 3.01. The van der Waals surface area contributed by atoms with Crippen molar-refractivity contribution in [2.45, 2.75) is 6.54 Å². The highest BCUT2D eigenvalue weighted by Gasteiger charge is 2.16. The van der Waals surface area contributed by atoms with Crippen LogP contribution in [0.2, 0.25) is 0 Å². The Labute approximate surface area is 154 Å². The first kappa shape index (κ1) is 18.1. The molecule has 0 unspecified atom stereocenters. The van der Waals surface area contributed by atoms with Crippen molar-refractivity contribution in [2.75, 3.05) is 14.2 Å². The van der Waals surface area contributed by atoms with Crippen LogP contribution in [0.1, 0.15) is 20.7 Å². The highest BCUT2D eigenvalue weighted by molar-refractivity contribution is 5.98. The molecule has 0 fully saturated rings. The lowest BCUT2D eigenvalue weighted by Gasteiger charge is -2.09. The van der Waals surface area contributed by atoms with Gasteiger partial charge in [0.25, 0.3) is 0 Å². The van der Waals surface area contributed by atoms with Crippen LogP contribution in [0.5, 0.6) is 11.5 Å². The van der Waals surface area contributed by atoms with Crippen molar-refractivity contribution in [1.82, 2.24) is 20.2 Å². The fraction of sp³-hybridized carbons (Fsp3) is 0.167. The largest absolute Gasteiger partial charge is 0.497 e. The van der Waals surface area contributed by atoms with Crippen LogP contribution in [0, 0.1) is 0 Å². The molecule has 27 heavy (non-hydrogen) atoms. The number of tetrazole rings is 1. The molecule has 0 bridgehead atoms. The van der Waals surface area contributed by atoms with Gasteiger partial charge in [-0.25, -0.2) is 0 Å². The normalized spacial score (nSPS) is 10.4. The van der Waals surface area contributed by atoms with Gasteiger partial charge in [0, 0.05) is 17.2 Å². The van der Waals surface area contributed by atoms with E-state index in [1.807, 2.05) is 0 Å². The van der Waals surface area contributed by atoms with Crippen molar-refractivity contribution in [2.24, 2.45) is 5.73 Å². The quantitative estimate of drug-likeness (QED) is 0.625. The molecule has 0 aliphatic rings. The van der Waals surface area contributed by atoms with Crippen molar-refractivity contribution in [3.8, 4) is 22.9 Å². The molecule has 9 nitrogen and oxygen atoms in total. The number of carbonyl (C=O) groups excluding carboxylic acids is 2. The molecule has 1 heterocycles. The Morgan fingerprint density at radius 2 is 1.81 bits per heavy atom. The summed E-state index contributed by atoms with van der Waals surface area (Å²) < 4.78 is 10.4. The number of aromatic nitrogens is 4. The summed E-state index contributed by atoms with van der Waals surface area (Å²) in [6.07, 6.45) is 0. The van der Waals surface area contributed by atoms with Gasteiger partial charge in [0.05, 0.1) is 19.8 Å². The van der Waals surface area contributed by atoms with E-state index in [0.717, 1.165) is 0 Å². The predicted octanol–water partition coefficient (Wildman–Crippen LogP) is 1.34. The molecule has 0 aliphatic carbocycles. The van der Waals surface area contributed by atoms with E-state index < -0.39 is 5.91 Å². The maximum absolute atomic E-state index is 12.6. The lowest BCUT2D eigenvalue weighted by atomic mass is 10.1. The van der Waals surface area contributed by atoms with Crippen LogP contribution in [-0.2, 0) is 6.54 Å². The Kier molecular flexibility index (Phi) is 5.11. The minimum atomic E-state index is -0.516. The average Bonchev–Trinajstić information content (AvgIpc) is 3.15. The van der Waals surface area contributed by atoms with Crippen LogP contribution in [0.15, 0.2) is 42.5 Å². The van der Waals surface area contributed by atoms with Crippen LogP contribution in [-0.4, -0.2) is 46.1 Å². The molecule has 3 rings (SSSR count). The summed E-state index contributed by atoms with van der Waals surface area (Å²) in [4.78, 5) is 24.9. The first-order valence-electron chi connectivity index (χ1n) is 7.95. The molecule has 0 atom stereocenters. The topological polar surface area (TPSA) is 122 Å². The number of hydrogen-bond acceptors (Lipinski definition) is 7. The number of nitrogens with two attached hydrogens (primary N) is 1. The van der Waals surface area contributed by atoms with Gasteiger partial charge in [-0.1, -0.05) is 12.1 Å². The molecule has 2 aromatic carbocycles. The summed E-state index contributed by atoms with van der Waals surface area (Å²) in [5.74, 6) is 0.575. The van der Waals surface area contributed by atoms with Gasteiger partial charge < -0.3 is 15.2 Å². The highest BCUT2D eigenvalue weighted by Crippen LogP contribution is 2.25. The minimum absolute atomic E-state index is 0.102. The molecule has 0 saturated carbocycles. The fourth-order valence-corrected chi connectivity index (χ4v) is 2.45. The molecular weight excluding hydrogens is 350 g/mol. The molecule has 3 aromatic rings. The van der Waals surface area contributed by atoms with E-state index >= 15 is 0 Å². The van der Waals surface area contributed by atoms with Crippen LogP contribution in [0.25, 0.3) is 11.4 Å². The Bertz CT molecular complexity index is 982. The number of carbonyl (C=O) groups is 2. The second-order valence-corrected chi connectivity index (χ2v) is 5.57. The van der Waals surface area contributed by atoms with Gasteiger partial charge in [0.15, 0.2) is 5.78 Å². The standard InChI is InChI=1S/C18H17N5O4/c1-26-13-7-8-14(16(9-13)27-2)15(24)10-23-21-18(20-22-23)12-5-3-11(4-6-12)17(19)25/h3-9H,10H2,1-2H3,(H2,19,25). The third-order valence-electron chi connectivity index (χ3n) is 3.87. The van der Waals surface area contributed by atoms with Crippen molar-refractivity contribution < 1.29 is 19.1 Å². The molecular formula is C18H17N5O4. The molecule has 1 aromatic heterocycles. The van der Waals surface area contributed by atoms with E-state index in [1.165, 1.54) is 19.0 Å². The molecule has 138 valence electrons. The monoisotopic (exact) mass is 367 g/mol. The van der Waals surface area contributed by atoms with Crippen molar-refractivity contribution in [3.05, 3.63) is 53.6 Å². The number of ketones is 1. The Morgan fingerprint density at radius 1 is 1.07 bits per heavy atom. The van der Waals surface area contributed by atoms with Crippen molar-refractivity contribution in [3.63, 3.8) is 0 Å². The Hall–Kier alpha value is -3.75. The van der Waals surface area contributed by atoms with Gasteiger partial charge in [-0.15, -0.1) is 10.2 Å². The Morgan fingerprint density at radius 3 is 2.44 bits per heavy atom. The molecule has 2 N–H and O–H groups in total. The zero-order chi connectivity index (χ0) is 19.4. The minimum Gasteiger partial charge on any atom is -0.497 e. The number of hydrogen-bond donors (Lipinski definition) is 1. The second-order valence-electron chi connectivity index (χ2n) is 5.57. The van der Waals surface area contributed by atoms with Crippen molar-refractivity contribution >= 4 is 11.7 Å². The number of primary amides is 1. The van der Waals surface area contributed by atoms with Gasteiger partial charge in [-0.3, -0.25) is 9.59 Å². The number of benzene rings is 2. The smallest absolute Gasteiger partial charge is 0.248 e. The summed E-state index contributed by atoms with van der Waals surface area (Å²) in [6.45, 7) is -0.102. The molecule has 1 amide bonds. The molecule has 0 radical (unpaired) electrons. The van der Waals surface area contributed by atoms with Crippen LogP contribution < -0.4 is 15.2 Å². The van der Waals surface area contributed by atoms with Crippen LogP contribution >= 0.6 is 0 Å². The molecule has 0 saturated heterocycles. The van der Waals surface area contributed by atoms with Gasteiger partial charge in [-0.2, -0.15) is 4.80 Å². The molecule has 0 aliphatic heterocycles. The maximum atomic E-state index is 12.6. The predicted molar refractivity (Wildman–Crippen MR) is 95.6 cm³/mol. The number of amides is 1. The number of Topliss-reactive ketones (excluding diaryl/α,β-unsaturated/α-hetero) is 1. The fourth-order valence-electron chi connectivity index (χ4n) is 2.45. The van der Waals surface area contributed by atoms with Crippen molar-refractivity contribution in [1.29, 1.82) is 0 Å². The second kappa shape index (κ2) is 7.65. The lowest BCUT2D eigenvalue weighted by Crippen LogP contribution is -2.14. The highest BCUT2D eigenvalue weighted by atomic mass is 16.5. The molecule has 0 spiro atoms. The van der Waals surface area contributed by atoms with Gasteiger partial charge >= 0.3 is 0 Å². The number of rotatable bonds is 7. The first-order chi connectivity index (χ1) is 13.0. The van der Waals surface area contributed by atoms with Gasteiger partial charge in [0.2, 0.25) is 11.7 Å². The van der Waals surface area contributed by atoms with Gasteiger partial charge in [0.1, 0.15) is 18.0 Å². The van der Waals surface area contributed by atoms with Gasteiger partial charge in [-0.05, 0) is 29.5 Å². The summed E-state index contributed by atoms with van der Waals surface area (Å²) in [5, 5.41) is 12.0. The SMILES string of the molecule is COc1ccc(C(=O)Cn2nnc(-c3ccc(C(N)=O)cc3)n2)c(OC)c1. The summed E-state index contributed by atoms with van der Waals surface area (Å²) in [5.41, 5.74) is 6.64. The number of nitrogens with zero attached hydrogens (tertiary/aromatic N) is 4. The van der Waals surface area contributed by atoms with E-state index in [0.29, 0.717) is 34.0 Å². The number of methoxy groups -OCH3 is 2. The maximum Gasteiger partial charge on any atom is 0.248 e. The number of ether oxygens (including phenoxy) is 2. The van der Waals surface area contributed by atoms with Crippen LogP contribution in [0.4, 0.5) is 0 Å². The lowest BCUT2D eigenvalue weighted by molar-refractivity contribution is 0.0956. The molecule has 9 heteroatoms. The van der Waals surface area contributed by atoms with E-state index in [1.54, 1.807) is 42.5 Å². The van der Waals surface area contributed by atoms with Crippen LogP contribution in [0.3, 0.4) is 0 Å². The zero-order valence-corrected chi connectivity index (χ0v) is 14.7. The summed E-state index contributed by atoms with van der Waals surface area (Å²) in [6, 6.07) is 11.4. The van der Waals surface area contributed by atoms with E-state index in [9.17, 15) is 9.59 Å². The zero-order valence-electron chi connectivity index (χ0n) is 14.7. The first-order valence-corrected chi connectivity index (χ1v) is 7.95. The third-order valence-corrected chi connectivity index (χ3v) is 3.87. The Balaban J connectivity index is 1.77. The third kappa shape index (κ3) is 3.92. The van der Waals surface area contributed by atoms with E-state index in [2.05, 4.69) is 15.4 Å². The average molecular weight is 367 g/mol. The van der Waals surface area contributed by atoms with E-state index in [-0.39, 0.29) is 12.3 Å². The summed E-state index contributed by atoms with van der Waals surface area (Å²) >= 11 is 0. The van der Waals surface area contributed by atoms with E-state index in [4.69, 9.17) is 15.2 Å².